The molecule has 5 rings (SSSR count). The molecular weight excluding hydrogens is 364 g/mol. The van der Waals surface area contributed by atoms with E-state index in [1.54, 1.807) is 4.40 Å². The van der Waals surface area contributed by atoms with Crippen molar-refractivity contribution < 1.29 is 9.59 Å². The lowest BCUT2D eigenvalue weighted by atomic mass is 10.1. The minimum Gasteiger partial charge on any atom is -0.337 e. The van der Waals surface area contributed by atoms with Crippen LogP contribution in [0.5, 0.6) is 0 Å². The minimum atomic E-state index is -0.165. The highest BCUT2D eigenvalue weighted by molar-refractivity contribution is 6.08. The molecule has 0 saturated carbocycles. The van der Waals surface area contributed by atoms with Crippen LogP contribution in [0.25, 0.3) is 5.52 Å². The topological polar surface area (TPSA) is 57.9 Å². The Morgan fingerprint density at radius 2 is 1.72 bits per heavy atom. The van der Waals surface area contributed by atoms with Crippen LogP contribution in [-0.4, -0.2) is 45.2 Å². The molecule has 0 spiro atoms. The Morgan fingerprint density at radius 1 is 0.966 bits per heavy atom. The third-order valence-electron chi connectivity index (χ3n) is 6.01. The van der Waals surface area contributed by atoms with Crippen molar-refractivity contribution in [1.29, 1.82) is 0 Å². The number of fused-ring (bicyclic) bond motifs is 2. The largest absolute Gasteiger partial charge is 0.337 e. The van der Waals surface area contributed by atoms with Crippen LogP contribution >= 0.6 is 0 Å². The number of carbonyl (C=O) groups is 2. The Hall–Kier alpha value is -3.15. The number of amides is 2. The van der Waals surface area contributed by atoms with Crippen molar-refractivity contribution in [2.75, 3.05) is 18.0 Å². The molecule has 1 unspecified atom stereocenters. The van der Waals surface area contributed by atoms with E-state index in [0.29, 0.717) is 17.0 Å². The third kappa shape index (κ3) is 2.90. The third-order valence-corrected chi connectivity index (χ3v) is 6.01. The molecule has 29 heavy (non-hydrogen) atoms. The SMILES string of the molecule is CC1Cc2ccccc2N1C(=O)c1nc(C(=O)N2CCCCC2)c2ccccn12. The van der Waals surface area contributed by atoms with Gasteiger partial charge in [0.1, 0.15) is 0 Å². The minimum absolute atomic E-state index is 0.0530. The van der Waals surface area contributed by atoms with Gasteiger partial charge >= 0.3 is 0 Å². The zero-order chi connectivity index (χ0) is 20.0. The highest BCUT2D eigenvalue weighted by atomic mass is 16.2. The second-order valence-electron chi connectivity index (χ2n) is 7.95. The predicted octanol–water partition coefficient (Wildman–Crippen LogP) is 3.55. The standard InChI is InChI=1S/C23H24N4O2/c1-16-15-17-9-3-4-10-18(17)27(16)23(29)21-24-20(19-11-5-8-14-26(19)21)22(28)25-12-6-2-7-13-25/h3-5,8-11,14,16H,2,6-7,12-13,15H2,1H3. The van der Waals surface area contributed by atoms with Gasteiger partial charge in [0.2, 0.25) is 5.82 Å². The van der Waals surface area contributed by atoms with E-state index in [0.717, 1.165) is 44.5 Å². The maximum absolute atomic E-state index is 13.6. The van der Waals surface area contributed by atoms with Gasteiger partial charge in [0, 0.05) is 31.0 Å². The number of carbonyl (C=O) groups excluding carboxylic acids is 2. The number of hydrogen-bond acceptors (Lipinski definition) is 3. The van der Waals surface area contributed by atoms with Crippen molar-refractivity contribution in [3.8, 4) is 0 Å². The molecule has 148 valence electrons. The zero-order valence-corrected chi connectivity index (χ0v) is 16.5. The van der Waals surface area contributed by atoms with Gasteiger partial charge in [-0.3, -0.25) is 14.0 Å². The molecule has 1 fully saturated rings. The average molecular weight is 388 g/mol. The van der Waals surface area contributed by atoms with Crippen molar-refractivity contribution in [2.24, 2.45) is 0 Å². The van der Waals surface area contributed by atoms with E-state index in [2.05, 4.69) is 11.1 Å². The Labute approximate surface area is 169 Å². The van der Waals surface area contributed by atoms with E-state index in [1.165, 1.54) is 5.56 Å². The molecule has 0 radical (unpaired) electrons. The summed E-state index contributed by atoms with van der Waals surface area (Å²) in [4.78, 5) is 35.0. The van der Waals surface area contributed by atoms with E-state index >= 15 is 0 Å². The van der Waals surface area contributed by atoms with Crippen molar-refractivity contribution in [2.45, 2.75) is 38.6 Å². The molecule has 1 atom stereocenters. The monoisotopic (exact) mass is 388 g/mol. The van der Waals surface area contributed by atoms with Crippen molar-refractivity contribution in [3.63, 3.8) is 0 Å². The normalized spacial score (nSPS) is 18.9. The lowest BCUT2D eigenvalue weighted by molar-refractivity contribution is 0.0721. The highest BCUT2D eigenvalue weighted by Gasteiger charge is 2.34. The number of nitrogens with zero attached hydrogens (tertiary/aromatic N) is 4. The molecule has 4 heterocycles. The molecule has 0 bridgehead atoms. The van der Waals surface area contributed by atoms with Gasteiger partial charge in [0.25, 0.3) is 11.8 Å². The second-order valence-corrected chi connectivity index (χ2v) is 7.95. The first kappa shape index (κ1) is 17.9. The van der Waals surface area contributed by atoms with Gasteiger partial charge in [-0.15, -0.1) is 0 Å². The van der Waals surface area contributed by atoms with Gasteiger partial charge in [-0.05, 0) is 56.4 Å². The lowest BCUT2D eigenvalue weighted by Gasteiger charge is -2.26. The smallest absolute Gasteiger partial charge is 0.294 e. The number of pyridine rings is 1. The van der Waals surface area contributed by atoms with E-state index in [9.17, 15) is 9.59 Å². The van der Waals surface area contributed by atoms with Gasteiger partial charge in [0.05, 0.1) is 5.52 Å². The predicted molar refractivity (Wildman–Crippen MR) is 111 cm³/mol. The molecule has 1 saturated heterocycles. The van der Waals surface area contributed by atoms with Gasteiger partial charge in [-0.1, -0.05) is 24.3 Å². The van der Waals surface area contributed by atoms with Crippen LogP contribution in [0, 0.1) is 0 Å². The van der Waals surface area contributed by atoms with Gasteiger partial charge in [-0.25, -0.2) is 4.98 Å². The molecule has 0 aliphatic carbocycles. The van der Waals surface area contributed by atoms with Crippen LogP contribution in [0.1, 0.15) is 52.9 Å². The molecule has 2 aliphatic heterocycles. The lowest BCUT2D eigenvalue weighted by Crippen LogP contribution is -2.37. The second kappa shape index (κ2) is 7.03. The molecule has 2 amide bonds. The summed E-state index contributed by atoms with van der Waals surface area (Å²) in [5, 5.41) is 0. The summed E-state index contributed by atoms with van der Waals surface area (Å²) in [5.74, 6) is 0.0492. The van der Waals surface area contributed by atoms with Crippen LogP contribution in [0.15, 0.2) is 48.7 Å². The van der Waals surface area contributed by atoms with Gasteiger partial charge < -0.3 is 9.80 Å². The summed E-state index contributed by atoms with van der Waals surface area (Å²) >= 11 is 0. The van der Waals surface area contributed by atoms with Crippen LogP contribution < -0.4 is 4.90 Å². The zero-order valence-electron chi connectivity index (χ0n) is 16.5. The van der Waals surface area contributed by atoms with Crippen LogP contribution in [0.3, 0.4) is 0 Å². The summed E-state index contributed by atoms with van der Waals surface area (Å²) in [5.41, 5.74) is 3.16. The van der Waals surface area contributed by atoms with Crippen molar-refractivity contribution >= 4 is 23.0 Å². The summed E-state index contributed by atoms with van der Waals surface area (Å²) in [7, 11) is 0. The molecule has 6 heteroatoms. The maximum Gasteiger partial charge on any atom is 0.294 e. The molecule has 1 aromatic carbocycles. The van der Waals surface area contributed by atoms with Crippen LogP contribution in [-0.2, 0) is 6.42 Å². The van der Waals surface area contributed by atoms with Crippen molar-refractivity contribution in [1.82, 2.24) is 14.3 Å². The first-order valence-corrected chi connectivity index (χ1v) is 10.3. The average Bonchev–Trinajstić information content (AvgIpc) is 3.31. The summed E-state index contributed by atoms with van der Waals surface area (Å²) in [6.07, 6.45) is 5.83. The fraction of sp³-hybridized carbons (Fsp3) is 0.348. The number of aromatic nitrogens is 2. The number of likely N-dealkylation sites (tertiary alicyclic amines) is 1. The summed E-state index contributed by atoms with van der Waals surface area (Å²) in [6.45, 7) is 3.56. The Bertz CT molecular complexity index is 1100. The van der Waals surface area contributed by atoms with E-state index in [-0.39, 0.29) is 17.9 Å². The fourth-order valence-electron chi connectivity index (χ4n) is 4.58. The van der Waals surface area contributed by atoms with Crippen LogP contribution in [0.4, 0.5) is 5.69 Å². The molecule has 6 nitrogen and oxygen atoms in total. The maximum atomic E-state index is 13.6. The van der Waals surface area contributed by atoms with Crippen molar-refractivity contribution in [3.05, 3.63) is 65.7 Å². The number of imidazole rings is 1. The number of para-hydroxylation sites is 1. The Morgan fingerprint density at radius 3 is 2.55 bits per heavy atom. The molecule has 0 N–H and O–H groups in total. The Balaban J connectivity index is 1.57. The number of piperidine rings is 1. The van der Waals surface area contributed by atoms with Crippen LogP contribution in [0.2, 0.25) is 0 Å². The highest BCUT2D eigenvalue weighted by Crippen LogP contribution is 2.33. The first-order valence-electron chi connectivity index (χ1n) is 10.3. The summed E-state index contributed by atoms with van der Waals surface area (Å²) < 4.78 is 1.76. The van der Waals surface area contributed by atoms with E-state index in [4.69, 9.17) is 0 Å². The molecule has 3 aromatic rings. The van der Waals surface area contributed by atoms with E-state index in [1.807, 2.05) is 59.3 Å². The molecule has 2 aromatic heterocycles. The Kier molecular flexibility index (Phi) is 4.34. The van der Waals surface area contributed by atoms with Gasteiger partial charge in [-0.2, -0.15) is 0 Å². The number of hydrogen-bond donors (Lipinski definition) is 0. The molecule has 2 aliphatic rings. The van der Waals surface area contributed by atoms with E-state index < -0.39 is 0 Å². The number of anilines is 1. The fourth-order valence-corrected chi connectivity index (χ4v) is 4.58. The van der Waals surface area contributed by atoms with Gasteiger partial charge in [0.15, 0.2) is 5.69 Å². The first-order chi connectivity index (χ1) is 14.1. The molecular formula is C23H24N4O2. The number of benzene rings is 1. The quantitative estimate of drug-likeness (QED) is 0.675. The summed E-state index contributed by atoms with van der Waals surface area (Å²) in [6, 6.07) is 13.7. The number of rotatable bonds is 2.